The minimum atomic E-state index is -1.41. The largest absolute Gasteiger partial charge is 0.493 e. The van der Waals surface area contributed by atoms with Crippen molar-refractivity contribution >= 4 is 11.8 Å². The Morgan fingerprint density at radius 2 is 2.10 bits per heavy atom. The van der Waals surface area contributed by atoms with E-state index in [9.17, 15) is 9.59 Å². The van der Waals surface area contributed by atoms with Crippen molar-refractivity contribution in [2.75, 3.05) is 20.3 Å². The monoisotopic (exact) mass is 282 g/mol. The lowest BCUT2D eigenvalue weighted by Gasteiger charge is -2.12. The molecule has 0 saturated carbocycles. The molecule has 0 bridgehead atoms. The predicted octanol–water partition coefficient (Wildman–Crippen LogP) is -0.655. The Kier molecular flexibility index (Phi) is 5.79. The lowest BCUT2D eigenvalue weighted by atomic mass is 10.2. The Bertz CT molecular complexity index is 490. The first-order valence-corrected chi connectivity index (χ1v) is 5.95. The molecule has 0 aliphatic heterocycles. The van der Waals surface area contributed by atoms with E-state index >= 15 is 0 Å². The zero-order valence-corrected chi connectivity index (χ0v) is 11.4. The van der Waals surface area contributed by atoms with Crippen LogP contribution < -0.4 is 20.5 Å². The van der Waals surface area contributed by atoms with Gasteiger partial charge in [0.15, 0.2) is 18.1 Å². The quantitative estimate of drug-likeness (QED) is 0.615. The summed E-state index contributed by atoms with van der Waals surface area (Å²) in [6, 6.07) is 5.30. The maximum Gasteiger partial charge on any atom is 0.258 e. The smallest absolute Gasteiger partial charge is 0.258 e. The second kappa shape index (κ2) is 7.34. The molecule has 110 valence electrons. The van der Waals surface area contributed by atoms with Crippen molar-refractivity contribution < 1.29 is 24.2 Å². The molecular formula is C13H18N2O5. The van der Waals surface area contributed by atoms with Crippen LogP contribution in [0, 0.1) is 6.92 Å². The number of aliphatic hydroxyl groups is 1. The van der Waals surface area contributed by atoms with Crippen molar-refractivity contribution in [3.63, 3.8) is 0 Å². The van der Waals surface area contributed by atoms with E-state index in [0.717, 1.165) is 5.56 Å². The predicted molar refractivity (Wildman–Crippen MR) is 71.4 cm³/mol. The molecule has 0 spiro atoms. The topological polar surface area (TPSA) is 111 Å². The Morgan fingerprint density at radius 3 is 2.70 bits per heavy atom. The second-order valence-corrected chi connectivity index (χ2v) is 4.17. The van der Waals surface area contributed by atoms with Crippen LogP contribution in [0.25, 0.3) is 0 Å². The van der Waals surface area contributed by atoms with Gasteiger partial charge in [0.2, 0.25) is 5.91 Å². The number of primary amides is 1. The Morgan fingerprint density at radius 1 is 1.40 bits per heavy atom. The van der Waals surface area contributed by atoms with Gasteiger partial charge in [-0.2, -0.15) is 0 Å². The number of carbonyl (C=O) groups excluding carboxylic acids is 2. The molecule has 1 aromatic rings. The third-order valence-electron chi connectivity index (χ3n) is 2.50. The summed E-state index contributed by atoms with van der Waals surface area (Å²) in [5.41, 5.74) is 5.85. The molecule has 1 unspecified atom stereocenters. The SMILES string of the molecule is COc1cc(C)ccc1OCC(=O)NCC(O)C(N)=O. The van der Waals surface area contributed by atoms with Gasteiger partial charge in [-0.15, -0.1) is 0 Å². The first-order chi connectivity index (χ1) is 9.43. The molecule has 1 atom stereocenters. The summed E-state index contributed by atoms with van der Waals surface area (Å²) >= 11 is 0. The highest BCUT2D eigenvalue weighted by molar-refractivity contribution is 5.81. The van der Waals surface area contributed by atoms with Crippen LogP contribution in [-0.4, -0.2) is 43.3 Å². The van der Waals surface area contributed by atoms with Gasteiger partial charge in [-0.05, 0) is 24.6 Å². The summed E-state index contributed by atoms with van der Waals surface area (Å²) in [6.07, 6.45) is -1.41. The highest BCUT2D eigenvalue weighted by atomic mass is 16.5. The molecule has 0 saturated heterocycles. The number of amides is 2. The molecule has 0 radical (unpaired) electrons. The summed E-state index contributed by atoms with van der Waals surface area (Å²) in [4.78, 5) is 22.0. The molecule has 0 aliphatic rings. The molecular weight excluding hydrogens is 264 g/mol. The fraction of sp³-hybridized carbons (Fsp3) is 0.385. The molecule has 20 heavy (non-hydrogen) atoms. The Labute approximate surface area is 116 Å². The van der Waals surface area contributed by atoms with Crippen molar-refractivity contribution in [2.45, 2.75) is 13.0 Å². The number of ether oxygens (including phenoxy) is 2. The summed E-state index contributed by atoms with van der Waals surface area (Å²) in [5.74, 6) is -0.418. The second-order valence-electron chi connectivity index (χ2n) is 4.17. The number of hydrogen-bond donors (Lipinski definition) is 3. The molecule has 4 N–H and O–H groups in total. The number of carbonyl (C=O) groups is 2. The zero-order valence-electron chi connectivity index (χ0n) is 11.4. The van der Waals surface area contributed by atoms with Gasteiger partial charge in [0.1, 0.15) is 6.10 Å². The standard InChI is InChI=1S/C13H18N2O5/c1-8-3-4-10(11(5-8)19-2)20-7-12(17)15-6-9(16)13(14)18/h3-5,9,16H,6-7H2,1-2H3,(H2,14,18)(H,15,17). The fourth-order valence-electron chi connectivity index (χ4n) is 1.40. The number of aliphatic hydroxyl groups excluding tert-OH is 1. The van der Waals surface area contributed by atoms with Crippen LogP contribution in [0.4, 0.5) is 0 Å². The molecule has 1 aromatic carbocycles. The average Bonchev–Trinajstić information content (AvgIpc) is 2.42. The summed E-state index contributed by atoms with van der Waals surface area (Å²) in [7, 11) is 1.50. The van der Waals surface area contributed by atoms with Crippen LogP contribution >= 0.6 is 0 Å². The molecule has 0 heterocycles. The molecule has 7 nitrogen and oxygen atoms in total. The van der Waals surface area contributed by atoms with E-state index in [4.69, 9.17) is 20.3 Å². The van der Waals surface area contributed by atoms with E-state index in [2.05, 4.69) is 5.32 Å². The van der Waals surface area contributed by atoms with E-state index in [-0.39, 0.29) is 13.2 Å². The highest BCUT2D eigenvalue weighted by Gasteiger charge is 2.13. The van der Waals surface area contributed by atoms with E-state index in [1.165, 1.54) is 7.11 Å². The third kappa shape index (κ3) is 4.77. The number of rotatable bonds is 7. The van der Waals surface area contributed by atoms with Crippen LogP contribution in [0.2, 0.25) is 0 Å². The van der Waals surface area contributed by atoms with Gasteiger partial charge in [-0.1, -0.05) is 6.07 Å². The number of nitrogens with two attached hydrogens (primary N) is 1. The molecule has 1 rings (SSSR count). The van der Waals surface area contributed by atoms with Crippen LogP contribution in [0.1, 0.15) is 5.56 Å². The van der Waals surface area contributed by atoms with Crippen molar-refractivity contribution in [3.8, 4) is 11.5 Å². The molecule has 2 amide bonds. The maximum atomic E-state index is 11.5. The van der Waals surface area contributed by atoms with Crippen molar-refractivity contribution in [1.82, 2.24) is 5.32 Å². The number of aryl methyl sites for hydroxylation is 1. The van der Waals surface area contributed by atoms with Gasteiger partial charge in [-0.25, -0.2) is 0 Å². The van der Waals surface area contributed by atoms with Gasteiger partial charge in [0.25, 0.3) is 5.91 Å². The van der Waals surface area contributed by atoms with E-state index < -0.39 is 17.9 Å². The first-order valence-electron chi connectivity index (χ1n) is 5.95. The van der Waals surface area contributed by atoms with Gasteiger partial charge in [0, 0.05) is 0 Å². The van der Waals surface area contributed by atoms with Crippen molar-refractivity contribution in [1.29, 1.82) is 0 Å². The minimum Gasteiger partial charge on any atom is -0.493 e. The summed E-state index contributed by atoms with van der Waals surface area (Å²) in [6.45, 7) is 1.40. The van der Waals surface area contributed by atoms with E-state index in [1.807, 2.05) is 13.0 Å². The Balaban J connectivity index is 2.47. The van der Waals surface area contributed by atoms with Gasteiger partial charge in [-0.3, -0.25) is 9.59 Å². The average molecular weight is 282 g/mol. The molecule has 0 fully saturated rings. The number of hydrogen-bond acceptors (Lipinski definition) is 5. The number of nitrogens with one attached hydrogen (secondary N) is 1. The van der Waals surface area contributed by atoms with E-state index in [0.29, 0.717) is 11.5 Å². The fourth-order valence-corrected chi connectivity index (χ4v) is 1.40. The normalized spacial score (nSPS) is 11.6. The molecule has 0 aliphatic carbocycles. The summed E-state index contributed by atoms with van der Waals surface area (Å²) < 4.78 is 10.4. The minimum absolute atomic E-state index is 0.247. The zero-order chi connectivity index (χ0) is 15.1. The van der Waals surface area contributed by atoms with E-state index in [1.54, 1.807) is 12.1 Å². The van der Waals surface area contributed by atoms with Crippen LogP contribution in [0.5, 0.6) is 11.5 Å². The third-order valence-corrected chi connectivity index (χ3v) is 2.50. The van der Waals surface area contributed by atoms with Crippen molar-refractivity contribution in [3.05, 3.63) is 23.8 Å². The lowest BCUT2D eigenvalue weighted by molar-refractivity contribution is -0.127. The number of methoxy groups -OCH3 is 1. The van der Waals surface area contributed by atoms with Gasteiger partial charge < -0.3 is 25.6 Å². The molecule has 0 aromatic heterocycles. The summed E-state index contributed by atoms with van der Waals surface area (Å²) in [5, 5.41) is 11.5. The molecule has 7 heteroatoms. The van der Waals surface area contributed by atoms with Crippen LogP contribution in [0.3, 0.4) is 0 Å². The van der Waals surface area contributed by atoms with Gasteiger partial charge >= 0.3 is 0 Å². The highest BCUT2D eigenvalue weighted by Crippen LogP contribution is 2.27. The lowest BCUT2D eigenvalue weighted by Crippen LogP contribution is -2.41. The van der Waals surface area contributed by atoms with Crippen LogP contribution in [0.15, 0.2) is 18.2 Å². The Hall–Kier alpha value is -2.28. The van der Waals surface area contributed by atoms with Gasteiger partial charge in [0.05, 0.1) is 13.7 Å². The van der Waals surface area contributed by atoms with Crippen LogP contribution in [-0.2, 0) is 9.59 Å². The maximum absolute atomic E-state index is 11.5. The van der Waals surface area contributed by atoms with Crippen molar-refractivity contribution in [2.24, 2.45) is 5.73 Å². The number of benzene rings is 1. The first kappa shape index (κ1) is 15.8.